The summed E-state index contributed by atoms with van der Waals surface area (Å²) in [6.45, 7) is 2.66. The number of esters is 1. The van der Waals surface area contributed by atoms with Gasteiger partial charge in [0.05, 0.1) is 10.9 Å². The molecule has 0 spiro atoms. The lowest BCUT2D eigenvalue weighted by Gasteiger charge is -2.26. The second-order valence-corrected chi connectivity index (χ2v) is 12.5. The van der Waals surface area contributed by atoms with Gasteiger partial charge in [-0.1, -0.05) is 12.1 Å². The minimum atomic E-state index is -4.42. The highest BCUT2D eigenvalue weighted by atomic mass is 32.2. The normalized spacial score (nSPS) is 12.0. The molecule has 3 nitrogen and oxygen atoms in total. The van der Waals surface area contributed by atoms with E-state index in [0.29, 0.717) is 22.6 Å². The summed E-state index contributed by atoms with van der Waals surface area (Å²) in [6.07, 6.45) is 0. The quantitative estimate of drug-likeness (QED) is 0.0805. The van der Waals surface area contributed by atoms with Crippen LogP contribution in [-0.2, 0) is 26.0 Å². The lowest BCUT2D eigenvalue weighted by atomic mass is 9.98. The number of ether oxygens (including phenoxy) is 2. The number of carbonyl (C=O) groups is 1. The number of thioether (sulfide) groups is 1. The molecule has 0 fully saturated rings. The molecule has 220 valence electrons. The Hall–Kier alpha value is -3.64. The first kappa shape index (κ1) is 31.3. The fourth-order valence-corrected chi connectivity index (χ4v) is 6.63. The number of alkyl halides is 3. The zero-order valence-corrected chi connectivity index (χ0v) is 23.6. The summed E-state index contributed by atoms with van der Waals surface area (Å²) >= 11 is -0.252. The van der Waals surface area contributed by atoms with E-state index in [1.54, 1.807) is 26.0 Å². The van der Waals surface area contributed by atoms with Crippen molar-refractivity contribution in [3.63, 3.8) is 0 Å². The first-order chi connectivity index (χ1) is 19.7. The highest BCUT2D eigenvalue weighted by Crippen LogP contribution is 2.38. The third-order valence-electron chi connectivity index (χ3n) is 5.71. The van der Waals surface area contributed by atoms with Gasteiger partial charge in [0.25, 0.3) is 0 Å². The molecule has 0 bridgehead atoms. The van der Waals surface area contributed by atoms with Gasteiger partial charge in [-0.05, 0) is 67.6 Å². The van der Waals surface area contributed by atoms with Crippen LogP contribution >= 0.6 is 11.8 Å². The summed E-state index contributed by atoms with van der Waals surface area (Å²) in [5.74, 6) is -3.91. The van der Waals surface area contributed by atoms with Crippen LogP contribution in [0.5, 0.6) is 5.75 Å². The predicted octanol–water partition coefficient (Wildman–Crippen LogP) is 8.81. The van der Waals surface area contributed by atoms with Crippen molar-refractivity contribution in [2.75, 3.05) is 6.61 Å². The van der Waals surface area contributed by atoms with Crippen molar-refractivity contribution in [2.24, 2.45) is 0 Å². The molecule has 0 atom stereocenters. The van der Waals surface area contributed by atoms with Crippen molar-refractivity contribution in [3.8, 4) is 5.75 Å². The summed E-state index contributed by atoms with van der Waals surface area (Å²) in [6, 6.07) is 17.2. The molecule has 0 saturated heterocycles. The van der Waals surface area contributed by atoms with E-state index in [0.717, 1.165) is 24.3 Å². The van der Waals surface area contributed by atoms with Crippen LogP contribution < -0.4 is 4.74 Å². The predicted molar refractivity (Wildman–Crippen MR) is 144 cm³/mol. The van der Waals surface area contributed by atoms with Crippen LogP contribution in [-0.4, -0.2) is 18.1 Å². The average Bonchev–Trinajstić information content (AvgIpc) is 2.86. The Morgan fingerprint density at radius 2 is 1.19 bits per heavy atom. The smallest absolute Gasteiger partial charge is 0.446 e. The molecular formula is C30H22F7O3S2+. The van der Waals surface area contributed by atoms with Crippen LogP contribution in [0, 0.1) is 23.3 Å². The summed E-state index contributed by atoms with van der Waals surface area (Å²) in [5, 5.41) is 0. The Kier molecular flexibility index (Phi) is 9.47. The molecule has 4 aromatic carbocycles. The fraction of sp³-hybridized carbons (Fsp3) is 0.167. The van der Waals surface area contributed by atoms with E-state index in [4.69, 9.17) is 9.47 Å². The van der Waals surface area contributed by atoms with E-state index in [1.807, 2.05) is 0 Å². The largest absolute Gasteiger partial charge is 0.482 e. The van der Waals surface area contributed by atoms with Gasteiger partial charge in [0.15, 0.2) is 21.3 Å². The molecule has 4 rings (SSSR count). The molecule has 0 N–H and O–H groups in total. The lowest BCUT2D eigenvalue weighted by molar-refractivity contribution is -0.159. The van der Waals surface area contributed by atoms with Gasteiger partial charge in [0, 0.05) is 41.3 Å². The van der Waals surface area contributed by atoms with Gasteiger partial charge in [0.1, 0.15) is 34.6 Å². The standard InChI is InChI=1S/C30H22F7O3S2/c1-29(2,18-3-7-24(8-4-18)41-30(35,36)37)40-28(38)17-39-23-5-9-25(10-6-23)42(26-13-19(31)11-20(32)14-26)27-15-21(33)12-22(34)16-27/h3-16H,17H2,1-2H3/q+1. The summed E-state index contributed by atoms with van der Waals surface area (Å²) < 4.78 is 105. The van der Waals surface area contributed by atoms with Gasteiger partial charge in [-0.25, -0.2) is 22.4 Å². The Morgan fingerprint density at radius 3 is 1.64 bits per heavy atom. The van der Waals surface area contributed by atoms with Crippen molar-refractivity contribution in [3.05, 3.63) is 114 Å². The van der Waals surface area contributed by atoms with Crippen LogP contribution in [0.25, 0.3) is 0 Å². The first-order valence-electron chi connectivity index (χ1n) is 12.2. The van der Waals surface area contributed by atoms with Gasteiger partial charge in [-0.2, -0.15) is 13.2 Å². The molecule has 0 aliphatic carbocycles. The molecule has 0 saturated carbocycles. The summed E-state index contributed by atoms with van der Waals surface area (Å²) in [7, 11) is -1.29. The van der Waals surface area contributed by atoms with Crippen LogP contribution in [0.4, 0.5) is 30.7 Å². The number of halogens is 7. The molecule has 0 amide bonds. The molecule has 0 heterocycles. The molecule has 0 aliphatic heterocycles. The van der Waals surface area contributed by atoms with Crippen LogP contribution in [0.1, 0.15) is 19.4 Å². The van der Waals surface area contributed by atoms with E-state index in [-0.39, 0.29) is 32.2 Å². The zero-order chi connectivity index (χ0) is 30.7. The van der Waals surface area contributed by atoms with Gasteiger partial charge < -0.3 is 9.47 Å². The molecule has 0 aliphatic rings. The van der Waals surface area contributed by atoms with Crippen LogP contribution in [0.2, 0.25) is 0 Å². The van der Waals surface area contributed by atoms with E-state index < -0.39 is 57.8 Å². The zero-order valence-electron chi connectivity index (χ0n) is 22.0. The van der Waals surface area contributed by atoms with Crippen LogP contribution in [0.15, 0.2) is 105 Å². The molecule has 12 heteroatoms. The van der Waals surface area contributed by atoms with Gasteiger partial charge in [-0.3, -0.25) is 0 Å². The molecule has 4 aromatic rings. The Balaban J connectivity index is 1.46. The van der Waals surface area contributed by atoms with Crippen molar-refractivity contribution in [1.29, 1.82) is 0 Å². The SMILES string of the molecule is CC(C)(OC(=O)COc1ccc([S+](c2cc(F)cc(F)c2)c2cc(F)cc(F)c2)cc1)c1ccc(SC(F)(F)F)cc1. The van der Waals surface area contributed by atoms with Gasteiger partial charge in [0.2, 0.25) is 0 Å². The number of carbonyl (C=O) groups excluding carboxylic acids is 1. The molecule has 0 radical (unpaired) electrons. The lowest BCUT2D eigenvalue weighted by Crippen LogP contribution is -2.28. The van der Waals surface area contributed by atoms with Crippen molar-refractivity contribution in [1.82, 2.24) is 0 Å². The maximum Gasteiger partial charge on any atom is 0.446 e. The number of rotatable bonds is 9. The third kappa shape index (κ3) is 8.45. The Labute approximate surface area is 244 Å². The summed E-state index contributed by atoms with van der Waals surface area (Å²) in [4.78, 5) is 13.3. The maximum atomic E-state index is 14.0. The highest BCUT2D eigenvalue weighted by Gasteiger charge is 2.32. The van der Waals surface area contributed by atoms with Gasteiger partial charge >= 0.3 is 11.5 Å². The van der Waals surface area contributed by atoms with Crippen molar-refractivity contribution < 1.29 is 45.0 Å². The molecular weight excluding hydrogens is 605 g/mol. The number of benzene rings is 4. The topological polar surface area (TPSA) is 35.5 Å². The highest BCUT2D eigenvalue weighted by molar-refractivity contribution is 8.00. The van der Waals surface area contributed by atoms with Gasteiger partial charge in [-0.15, -0.1) is 0 Å². The van der Waals surface area contributed by atoms with Crippen molar-refractivity contribution >= 4 is 28.6 Å². The molecule has 42 heavy (non-hydrogen) atoms. The third-order valence-corrected chi connectivity index (χ3v) is 8.61. The number of hydrogen-bond donors (Lipinski definition) is 0. The second kappa shape index (κ2) is 12.7. The monoisotopic (exact) mass is 627 g/mol. The maximum absolute atomic E-state index is 14.0. The van der Waals surface area contributed by atoms with E-state index >= 15 is 0 Å². The second-order valence-electron chi connectivity index (χ2n) is 9.33. The number of hydrogen-bond acceptors (Lipinski definition) is 4. The average molecular weight is 628 g/mol. The minimum Gasteiger partial charge on any atom is -0.482 e. The molecule has 0 aromatic heterocycles. The Morgan fingerprint density at radius 1 is 0.714 bits per heavy atom. The Bertz CT molecular complexity index is 1470. The van der Waals surface area contributed by atoms with E-state index in [2.05, 4.69) is 0 Å². The van der Waals surface area contributed by atoms with Crippen LogP contribution in [0.3, 0.4) is 0 Å². The fourth-order valence-electron chi connectivity index (χ4n) is 3.95. The van der Waals surface area contributed by atoms with Crippen molar-refractivity contribution in [2.45, 2.75) is 44.5 Å². The van der Waals surface area contributed by atoms with E-state index in [1.165, 1.54) is 36.4 Å². The minimum absolute atomic E-state index is 0.00641. The summed E-state index contributed by atoms with van der Waals surface area (Å²) in [5.41, 5.74) is -5.11. The first-order valence-corrected chi connectivity index (χ1v) is 14.2. The van der Waals surface area contributed by atoms with E-state index in [9.17, 15) is 35.5 Å². The molecule has 0 unspecified atom stereocenters.